The lowest BCUT2D eigenvalue weighted by Crippen LogP contribution is -2.13. The van der Waals surface area contributed by atoms with Crippen molar-refractivity contribution >= 4 is 17.6 Å². The Labute approximate surface area is 113 Å². The van der Waals surface area contributed by atoms with Crippen molar-refractivity contribution in [2.45, 2.75) is 16.4 Å². The van der Waals surface area contributed by atoms with E-state index >= 15 is 0 Å². The zero-order valence-corrected chi connectivity index (χ0v) is 10.9. The molecule has 0 N–H and O–H groups in total. The first-order valence-corrected chi connectivity index (χ1v) is 5.83. The molecule has 0 unspecified atom stereocenters. The summed E-state index contributed by atoms with van der Waals surface area (Å²) in [6, 6.07) is 0. The van der Waals surface area contributed by atoms with Crippen LogP contribution in [0.4, 0.5) is 19.0 Å². The van der Waals surface area contributed by atoms with Gasteiger partial charge >= 0.3 is 12.0 Å². The van der Waals surface area contributed by atoms with Crippen molar-refractivity contribution in [3.05, 3.63) is 22.3 Å². The van der Waals surface area contributed by atoms with Crippen LogP contribution in [-0.2, 0) is 20.3 Å². The Morgan fingerprint density at radius 2 is 2.00 bits per heavy atom. The fourth-order valence-electron chi connectivity index (χ4n) is 1.39. The highest BCUT2D eigenvalue weighted by Crippen LogP contribution is 2.35. The largest absolute Gasteiger partial charge is 0.451 e. The third-order valence-electron chi connectivity index (χ3n) is 2.31. The lowest BCUT2D eigenvalue weighted by molar-refractivity contribution is -0.392. The highest BCUT2D eigenvalue weighted by atomic mass is 32.2. The molecule has 0 aliphatic heterocycles. The number of imidazole rings is 1. The summed E-state index contributed by atoms with van der Waals surface area (Å²) in [4.78, 5) is 13.6. The molecule has 0 saturated heterocycles. The molecular weight excluding hydrogens is 301 g/mol. The van der Waals surface area contributed by atoms with E-state index in [9.17, 15) is 23.3 Å². The maximum Gasteiger partial charge on any atom is 0.451 e. The van der Waals surface area contributed by atoms with Gasteiger partial charge in [-0.05, 0) is 21.7 Å². The molecule has 0 bridgehead atoms. The van der Waals surface area contributed by atoms with Crippen LogP contribution in [0.15, 0.2) is 16.5 Å². The highest BCUT2D eigenvalue weighted by molar-refractivity contribution is 7.99. The smallest absolute Gasteiger partial charge is 0.358 e. The summed E-state index contributed by atoms with van der Waals surface area (Å²) in [5.41, 5.74) is 0. The van der Waals surface area contributed by atoms with Crippen LogP contribution in [0.3, 0.4) is 0 Å². The first kappa shape index (κ1) is 14.3. The summed E-state index contributed by atoms with van der Waals surface area (Å²) in [7, 11) is 2.62. The van der Waals surface area contributed by atoms with Crippen molar-refractivity contribution in [1.82, 2.24) is 24.3 Å². The monoisotopic (exact) mass is 308 g/mol. The molecule has 0 aliphatic carbocycles. The van der Waals surface area contributed by atoms with Crippen molar-refractivity contribution in [3.63, 3.8) is 0 Å². The maximum atomic E-state index is 12.6. The number of hydrogen-bond acceptors (Lipinski definition) is 6. The average molecular weight is 308 g/mol. The van der Waals surface area contributed by atoms with Gasteiger partial charge in [0.25, 0.3) is 0 Å². The number of halogens is 3. The first-order chi connectivity index (χ1) is 9.21. The zero-order valence-electron chi connectivity index (χ0n) is 10.1. The zero-order chi connectivity index (χ0) is 15.1. The second-order valence-corrected chi connectivity index (χ2v) is 4.66. The molecule has 2 rings (SSSR count). The van der Waals surface area contributed by atoms with Crippen molar-refractivity contribution in [1.29, 1.82) is 0 Å². The molecule has 0 aliphatic rings. The molecule has 0 saturated carbocycles. The van der Waals surface area contributed by atoms with Gasteiger partial charge in [-0.1, -0.05) is 0 Å². The van der Waals surface area contributed by atoms with Gasteiger partial charge in [0.05, 0.1) is 0 Å². The van der Waals surface area contributed by atoms with E-state index in [1.807, 2.05) is 0 Å². The van der Waals surface area contributed by atoms with Crippen LogP contribution >= 0.6 is 11.8 Å². The second-order valence-electron chi connectivity index (χ2n) is 3.71. The molecule has 20 heavy (non-hydrogen) atoms. The molecule has 0 atom stereocenters. The van der Waals surface area contributed by atoms with E-state index in [-0.39, 0.29) is 10.2 Å². The predicted octanol–water partition coefficient (Wildman–Crippen LogP) is 1.63. The summed E-state index contributed by atoms with van der Waals surface area (Å²) in [5.74, 6) is -1.63. The van der Waals surface area contributed by atoms with Crippen LogP contribution in [0.1, 0.15) is 5.82 Å². The van der Waals surface area contributed by atoms with E-state index in [0.29, 0.717) is 11.8 Å². The van der Waals surface area contributed by atoms with Crippen LogP contribution in [0.25, 0.3) is 0 Å². The number of aryl methyl sites for hydroxylation is 1. The number of aromatic nitrogens is 5. The number of nitrogens with zero attached hydrogens (tertiary/aromatic N) is 6. The minimum absolute atomic E-state index is 0.0687. The molecule has 108 valence electrons. The van der Waals surface area contributed by atoms with Gasteiger partial charge in [-0.2, -0.15) is 13.2 Å². The van der Waals surface area contributed by atoms with Crippen LogP contribution in [0, 0.1) is 10.1 Å². The minimum Gasteiger partial charge on any atom is -0.358 e. The molecule has 0 aromatic carbocycles. The van der Waals surface area contributed by atoms with E-state index in [4.69, 9.17) is 0 Å². The van der Waals surface area contributed by atoms with Crippen LogP contribution in [0.2, 0.25) is 0 Å². The minimum atomic E-state index is -4.64. The summed E-state index contributed by atoms with van der Waals surface area (Å²) < 4.78 is 39.8. The lowest BCUT2D eigenvalue weighted by Gasteiger charge is -2.06. The quantitative estimate of drug-likeness (QED) is 0.632. The Balaban J connectivity index is 2.39. The number of alkyl halides is 3. The standard InChI is InChI=1S/C8H7F3N6O2S/c1-15-3-12-4(17(18)19)5(15)20-7-14-13-6(16(7)2)8(9,10)11/h3H,1-2H3. The maximum absolute atomic E-state index is 12.6. The molecule has 8 nitrogen and oxygen atoms in total. The third kappa shape index (κ3) is 2.45. The number of hydrogen-bond donors (Lipinski definition) is 0. The van der Waals surface area contributed by atoms with Crippen molar-refractivity contribution < 1.29 is 18.1 Å². The summed E-state index contributed by atoms with van der Waals surface area (Å²) in [5, 5.41) is 17.1. The fourth-order valence-corrected chi connectivity index (χ4v) is 2.27. The first-order valence-electron chi connectivity index (χ1n) is 5.02. The second kappa shape index (κ2) is 4.77. The van der Waals surface area contributed by atoms with E-state index < -0.39 is 22.7 Å². The van der Waals surface area contributed by atoms with Crippen molar-refractivity contribution in [2.24, 2.45) is 14.1 Å². The number of rotatable bonds is 3. The van der Waals surface area contributed by atoms with Crippen molar-refractivity contribution in [3.8, 4) is 0 Å². The Kier molecular flexibility index (Phi) is 3.41. The molecule has 2 aromatic rings. The molecule has 0 amide bonds. The number of nitro groups is 1. The van der Waals surface area contributed by atoms with E-state index in [2.05, 4.69) is 15.2 Å². The van der Waals surface area contributed by atoms with Gasteiger partial charge in [0, 0.05) is 14.1 Å². The van der Waals surface area contributed by atoms with Gasteiger partial charge in [-0.3, -0.25) is 0 Å². The van der Waals surface area contributed by atoms with Gasteiger partial charge < -0.3 is 19.2 Å². The van der Waals surface area contributed by atoms with E-state index in [1.165, 1.54) is 17.9 Å². The Morgan fingerprint density at radius 3 is 2.50 bits per heavy atom. The van der Waals surface area contributed by atoms with E-state index in [1.54, 1.807) is 0 Å². The molecular formula is C8H7F3N6O2S. The van der Waals surface area contributed by atoms with E-state index in [0.717, 1.165) is 11.6 Å². The van der Waals surface area contributed by atoms with Crippen LogP contribution in [0.5, 0.6) is 0 Å². The van der Waals surface area contributed by atoms with Crippen LogP contribution in [-0.4, -0.2) is 29.2 Å². The van der Waals surface area contributed by atoms with Gasteiger partial charge in [0.2, 0.25) is 12.2 Å². The van der Waals surface area contributed by atoms with Gasteiger partial charge in [0.1, 0.15) is 0 Å². The molecule has 2 aromatic heterocycles. The SMILES string of the molecule is Cn1cnc([N+](=O)[O-])c1Sc1nnc(C(F)(F)F)n1C. The Bertz CT molecular complexity index is 664. The topological polar surface area (TPSA) is 91.7 Å². The fraction of sp³-hybridized carbons (Fsp3) is 0.375. The van der Waals surface area contributed by atoms with Gasteiger partial charge in [-0.25, -0.2) is 0 Å². The molecule has 12 heteroatoms. The lowest BCUT2D eigenvalue weighted by atomic mass is 10.6. The Morgan fingerprint density at radius 1 is 1.35 bits per heavy atom. The highest BCUT2D eigenvalue weighted by Gasteiger charge is 2.38. The molecule has 0 spiro atoms. The van der Waals surface area contributed by atoms with Crippen LogP contribution < -0.4 is 0 Å². The summed E-state index contributed by atoms with van der Waals surface area (Å²) in [6.07, 6.45) is -3.44. The predicted molar refractivity (Wildman–Crippen MR) is 60.0 cm³/mol. The van der Waals surface area contributed by atoms with Gasteiger partial charge in [-0.15, -0.1) is 10.2 Å². The molecule has 0 radical (unpaired) electrons. The van der Waals surface area contributed by atoms with Crippen molar-refractivity contribution in [2.75, 3.05) is 0 Å². The molecule has 0 fully saturated rings. The normalized spacial score (nSPS) is 11.8. The summed E-state index contributed by atoms with van der Waals surface area (Å²) in [6.45, 7) is 0. The molecule has 2 heterocycles. The Hall–Kier alpha value is -2.11. The van der Waals surface area contributed by atoms with Gasteiger partial charge in [0.15, 0.2) is 10.2 Å². The third-order valence-corrected chi connectivity index (χ3v) is 3.52. The average Bonchev–Trinajstić information content (AvgIpc) is 2.84. The summed E-state index contributed by atoms with van der Waals surface area (Å²) >= 11 is 0.688.